The van der Waals surface area contributed by atoms with Crippen molar-refractivity contribution in [1.29, 1.82) is 0 Å². The Labute approximate surface area is 284 Å². The number of nitrogens with zero attached hydrogens (tertiary/aromatic N) is 2. The van der Waals surface area contributed by atoms with Crippen LogP contribution < -0.4 is 4.40 Å². The zero-order chi connectivity index (χ0) is 30.4. The third-order valence-corrected chi connectivity index (χ3v) is 13.6. The predicted molar refractivity (Wildman–Crippen MR) is 190 cm³/mol. The van der Waals surface area contributed by atoms with Crippen LogP contribution in [0, 0.1) is 26.0 Å². The Bertz CT molecular complexity index is 2280. The van der Waals surface area contributed by atoms with Gasteiger partial charge in [0.1, 0.15) is 5.58 Å². The van der Waals surface area contributed by atoms with Crippen LogP contribution in [0.3, 0.4) is 0 Å². The van der Waals surface area contributed by atoms with E-state index >= 15 is 0 Å². The van der Waals surface area contributed by atoms with E-state index in [4.69, 9.17) is 9.40 Å². The molecular formula is C39H32GeIrN2OS-2. The summed E-state index contributed by atoms with van der Waals surface area (Å²) >= 11 is 0.109. The van der Waals surface area contributed by atoms with E-state index in [1.807, 2.05) is 54.1 Å². The average Bonchev–Trinajstić information content (AvgIpc) is 3.60. The van der Waals surface area contributed by atoms with Crippen LogP contribution in [0.5, 0.6) is 0 Å². The van der Waals surface area contributed by atoms with Gasteiger partial charge in [-0.1, -0.05) is 47.3 Å². The minimum Gasteiger partial charge on any atom is 0 e. The smallest absolute Gasteiger partial charge is 0 e. The van der Waals surface area contributed by atoms with Gasteiger partial charge in [-0.15, -0.1) is 29.5 Å². The normalized spacial score (nSPS) is 11.5. The molecule has 0 aliphatic rings. The number of thiophene rings is 1. The van der Waals surface area contributed by atoms with E-state index in [9.17, 15) is 0 Å². The first-order chi connectivity index (χ1) is 21.3. The molecule has 1 radical (unpaired) electrons. The number of furan rings is 1. The van der Waals surface area contributed by atoms with Gasteiger partial charge in [0.05, 0.1) is 5.58 Å². The summed E-state index contributed by atoms with van der Waals surface area (Å²) in [5, 5.41) is 4.73. The molecule has 45 heavy (non-hydrogen) atoms. The summed E-state index contributed by atoms with van der Waals surface area (Å²) in [4.78, 5) is 9.31. The van der Waals surface area contributed by atoms with E-state index in [1.165, 1.54) is 35.7 Å². The predicted octanol–water partition coefficient (Wildman–Crippen LogP) is 10.5. The number of aromatic nitrogens is 2. The summed E-state index contributed by atoms with van der Waals surface area (Å²) < 4.78 is 10.3. The number of pyridine rings is 2. The van der Waals surface area contributed by atoms with Gasteiger partial charge in [0.15, 0.2) is 0 Å². The summed E-state index contributed by atoms with van der Waals surface area (Å²) in [7, 11) is 0. The summed E-state index contributed by atoms with van der Waals surface area (Å²) in [5.41, 5.74) is 8.16. The van der Waals surface area contributed by atoms with Crippen LogP contribution in [0.15, 0.2) is 108 Å². The Hall–Kier alpha value is -3.61. The Morgan fingerprint density at radius 1 is 0.711 bits per heavy atom. The number of hydrogen-bond donors (Lipinski definition) is 0. The van der Waals surface area contributed by atoms with Crippen LogP contribution in [-0.2, 0) is 20.1 Å². The maximum Gasteiger partial charge on any atom is 0 e. The largest absolute Gasteiger partial charge is 0 e. The molecule has 0 saturated carbocycles. The van der Waals surface area contributed by atoms with Gasteiger partial charge in [0.2, 0.25) is 0 Å². The van der Waals surface area contributed by atoms with Gasteiger partial charge in [-0.05, 0) is 36.7 Å². The minimum atomic E-state index is -1.72. The van der Waals surface area contributed by atoms with Crippen molar-refractivity contribution in [2.24, 2.45) is 0 Å². The van der Waals surface area contributed by atoms with Crippen LogP contribution in [0.25, 0.3) is 64.6 Å². The third-order valence-electron chi connectivity index (χ3n) is 8.04. The molecule has 0 aliphatic heterocycles. The molecule has 8 rings (SSSR count). The van der Waals surface area contributed by atoms with Gasteiger partial charge in [-0.3, -0.25) is 0 Å². The van der Waals surface area contributed by atoms with Crippen LogP contribution in [0.4, 0.5) is 0 Å². The SMILES string of the molecule is Cc1ccc2c(c1)oc1c(-c3cc4sc5c(C)cccc5c4cn3)[c-]ccc12.[CH3][Ge]([CH3])([CH3])[c]1ccc(-c2[c-]cccc2)nc1.[Ir]. The third kappa shape index (κ3) is 6.15. The quantitative estimate of drug-likeness (QED) is 0.131. The molecule has 0 amide bonds. The molecule has 8 aromatic rings. The first-order valence-electron chi connectivity index (χ1n) is 14.8. The second kappa shape index (κ2) is 12.6. The summed E-state index contributed by atoms with van der Waals surface area (Å²) in [5.74, 6) is 7.14. The van der Waals surface area contributed by atoms with Crippen LogP contribution in [0.1, 0.15) is 11.1 Å². The number of aryl methyl sites for hydroxylation is 2. The first-order valence-corrected chi connectivity index (χ1v) is 23.0. The zero-order valence-corrected chi connectivity index (χ0v) is 31.2. The zero-order valence-electron chi connectivity index (χ0n) is 25.9. The van der Waals surface area contributed by atoms with Crippen molar-refractivity contribution in [3.63, 3.8) is 0 Å². The van der Waals surface area contributed by atoms with E-state index in [-0.39, 0.29) is 20.1 Å². The van der Waals surface area contributed by atoms with Crippen LogP contribution >= 0.6 is 11.3 Å². The molecule has 0 spiro atoms. The van der Waals surface area contributed by atoms with Gasteiger partial charge in [0.25, 0.3) is 0 Å². The van der Waals surface area contributed by atoms with Crippen molar-refractivity contribution in [2.45, 2.75) is 31.1 Å². The van der Waals surface area contributed by atoms with Gasteiger partial charge >= 0.3 is 99.8 Å². The average molecular weight is 842 g/mol. The fraction of sp³-hybridized carbons (Fsp3) is 0.128. The first kappa shape index (κ1) is 31.4. The number of benzene rings is 4. The van der Waals surface area contributed by atoms with Gasteiger partial charge < -0.3 is 9.40 Å². The van der Waals surface area contributed by atoms with E-state index in [2.05, 4.69) is 109 Å². The molecule has 0 aliphatic carbocycles. The van der Waals surface area contributed by atoms with Crippen molar-refractivity contribution >= 4 is 71.1 Å². The molecule has 0 saturated heterocycles. The molecule has 4 aromatic carbocycles. The molecule has 0 unspecified atom stereocenters. The molecule has 0 N–H and O–H groups in total. The number of hydrogen-bond acceptors (Lipinski definition) is 4. The molecule has 4 aromatic heterocycles. The van der Waals surface area contributed by atoms with Crippen molar-refractivity contribution < 1.29 is 24.5 Å². The van der Waals surface area contributed by atoms with Gasteiger partial charge in [-0.25, -0.2) is 0 Å². The Balaban J connectivity index is 0.000000181. The fourth-order valence-corrected chi connectivity index (χ4v) is 8.91. The Morgan fingerprint density at radius 3 is 2.31 bits per heavy atom. The molecule has 0 fully saturated rings. The monoisotopic (exact) mass is 843 g/mol. The maximum atomic E-state index is 6.24. The van der Waals surface area contributed by atoms with E-state index < -0.39 is 13.3 Å². The molecule has 3 nitrogen and oxygen atoms in total. The van der Waals surface area contributed by atoms with Crippen LogP contribution in [-0.4, -0.2) is 23.2 Å². The second-order valence-electron chi connectivity index (χ2n) is 12.3. The van der Waals surface area contributed by atoms with Gasteiger partial charge in [0, 0.05) is 51.9 Å². The maximum absolute atomic E-state index is 6.24. The van der Waals surface area contributed by atoms with Crippen LogP contribution in [0.2, 0.25) is 17.3 Å². The van der Waals surface area contributed by atoms with Gasteiger partial charge in [-0.2, -0.15) is 0 Å². The molecule has 0 atom stereocenters. The standard InChI is InChI=1S/C25H16NOS.C14H16GeN.Ir/c1-14-9-10-16-17-6-4-8-19(24(17)27-22(16)11-14)21-12-23-20(13-26-21)18-7-3-5-15(2)25(18)28-23;1-15(2,3)13-9-10-14(16-11-13)12-7-5-4-6-8-12;/h3-7,9-13H,1-2H3;4-7,9-11H,1-3H3;/q2*-1;. The van der Waals surface area contributed by atoms with Crippen molar-refractivity contribution in [3.05, 3.63) is 127 Å². The van der Waals surface area contributed by atoms with E-state index in [0.29, 0.717) is 0 Å². The Morgan fingerprint density at radius 2 is 1.56 bits per heavy atom. The molecular weight excluding hydrogens is 809 g/mol. The number of rotatable bonds is 3. The summed E-state index contributed by atoms with van der Waals surface area (Å²) in [6.07, 6.45) is 4.03. The molecule has 4 heterocycles. The van der Waals surface area contributed by atoms with E-state index in [0.717, 1.165) is 44.5 Å². The fourth-order valence-electron chi connectivity index (χ4n) is 5.56. The molecule has 225 valence electrons. The minimum absolute atomic E-state index is 0. The van der Waals surface area contributed by atoms with Crippen molar-refractivity contribution in [3.8, 4) is 22.5 Å². The van der Waals surface area contributed by atoms with E-state index in [1.54, 1.807) is 0 Å². The summed E-state index contributed by atoms with van der Waals surface area (Å²) in [6, 6.07) is 37.9. The van der Waals surface area contributed by atoms with Crippen molar-refractivity contribution in [2.75, 3.05) is 0 Å². The topological polar surface area (TPSA) is 38.9 Å². The second-order valence-corrected chi connectivity index (χ2v) is 24.0. The molecule has 0 bridgehead atoms. The number of fused-ring (bicyclic) bond motifs is 6. The van der Waals surface area contributed by atoms with Crippen molar-refractivity contribution in [1.82, 2.24) is 9.97 Å². The molecule has 6 heteroatoms. The summed E-state index contributed by atoms with van der Waals surface area (Å²) in [6.45, 7) is 4.25. The Kier molecular flexibility index (Phi) is 8.82.